The quantitative estimate of drug-likeness (QED) is 0.613. The number of guanidine groups is 1. The summed E-state index contributed by atoms with van der Waals surface area (Å²) in [5, 5.41) is 0. The average Bonchev–Trinajstić information content (AvgIpc) is 2.55. The maximum absolute atomic E-state index is 13.0. The van der Waals surface area contributed by atoms with E-state index in [1.807, 2.05) is 50.1 Å². The molecule has 7 heteroatoms. The molecule has 1 aliphatic rings. The van der Waals surface area contributed by atoms with Gasteiger partial charge < -0.3 is 9.80 Å². The molecule has 1 aliphatic heterocycles. The lowest BCUT2D eigenvalue weighted by atomic mass is 10.2. The minimum Gasteiger partial charge on any atom is -0.349 e. The van der Waals surface area contributed by atoms with Crippen molar-refractivity contribution in [3.63, 3.8) is 0 Å². The smallest absolute Gasteiger partial charge is 0.243 e. The highest BCUT2D eigenvalue weighted by atomic mass is 32.2. The molecule has 0 bridgehead atoms. The van der Waals surface area contributed by atoms with Crippen molar-refractivity contribution in [2.24, 2.45) is 4.99 Å². The highest BCUT2D eigenvalue weighted by Gasteiger charge is 2.27. The van der Waals surface area contributed by atoms with Crippen LogP contribution in [0.3, 0.4) is 0 Å². The van der Waals surface area contributed by atoms with E-state index in [2.05, 4.69) is 4.99 Å². The molecule has 0 saturated carbocycles. The van der Waals surface area contributed by atoms with E-state index in [0.717, 1.165) is 30.8 Å². The van der Waals surface area contributed by atoms with Crippen molar-refractivity contribution in [2.75, 3.05) is 41.3 Å². The Hall–Kier alpha value is -1.60. The monoisotopic (exact) mass is 352 g/mol. The zero-order valence-electron chi connectivity index (χ0n) is 15.1. The normalized spacial score (nSPS) is 15.8. The van der Waals surface area contributed by atoms with E-state index in [1.54, 1.807) is 16.4 Å². The summed E-state index contributed by atoms with van der Waals surface area (Å²) < 4.78 is 27.6. The number of aliphatic imine (C=N–C) groups is 1. The van der Waals surface area contributed by atoms with Crippen LogP contribution < -0.4 is 0 Å². The summed E-state index contributed by atoms with van der Waals surface area (Å²) in [6.45, 7) is 1.57. The van der Waals surface area contributed by atoms with Crippen molar-refractivity contribution >= 4 is 16.0 Å². The number of benzene rings is 1. The van der Waals surface area contributed by atoms with Gasteiger partial charge >= 0.3 is 0 Å². The fourth-order valence-electron chi connectivity index (χ4n) is 2.97. The summed E-state index contributed by atoms with van der Waals surface area (Å²) in [6.07, 6.45) is 2.98. The summed E-state index contributed by atoms with van der Waals surface area (Å²) in [6, 6.07) is 7.19. The Kier molecular flexibility index (Phi) is 6.23. The van der Waals surface area contributed by atoms with Gasteiger partial charge in [0.25, 0.3) is 0 Å². The Morgan fingerprint density at radius 3 is 2.21 bits per heavy atom. The van der Waals surface area contributed by atoms with Crippen molar-refractivity contribution < 1.29 is 8.42 Å². The Morgan fingerprint density at radius 1 is 1.04 bits per heavy atom. The van der Waals surface area contributed by atoms with E-state index < -0.39 is 10.0 Å². The van der Waals surface area contributed by atoms with Gasteiger partial charge in [-0.1, -0.05) is 24.6 Å². The Balaban J connectivity index is 2.32. The average molecular weight is 353 g/mol. The van der Waals surface area contributed by atoms with Gasteiger partial charge in [0, 0.05) is 41.3 Å². The maximum Gasteiger partial charge on any atom is 0.243 e. The third-order valence-corrected chi connectivity index (χ3v) is 6.10. The van der Waals surface area contributed by atoms with Gasteiger partial charge in [-0.2, -0.15) is 4.31 Å². The number of piperidine rings is 1. The lowest BCUT2D eigenvalue weighted by molar-refractivity contribution is 0.346. The zero-order chi connectivity index (χ0) is 17.7. The summed E-state index contributed by atoms with van der Waals surface area (Å²) >= 11 is 0. The van der Waals surface area contributed by atoms with Gasteiger partial charge in [0.05, 0.1) is 11.4 Å². The molecule has 0 atom stereocenters. The fourth-order valence-corrected chi connectivity index (χ4v) is 4.70. The maximum atomic E-state index is 13.0. The van der Waals surface area contributed by atoms with Crippen LogP contribution in [0.1, 0.15) is 24.8 Å². The summed E-state index contributed by atoms with van der Waals surface area (Å²) in [7, 11) is 4.26. The number of hydrogen-bond donors (Lipinski definition) is 0. The minimum absolute atomic E-state index is 0.342. The molecule has 0 amide bonds. The first-order valence-corrected chi connectivity index (χ1v) is 9.75. The van der Waals surface area contributed by atoms with Gasteiger partial charge in [-0.15, -0.1) is 0 Å². The van der Waals surface area contributed by atoms with E-state index in [9.17, 15) is 8.42 Å². The van der Waals surface area contributed by atoms with Crippen LogP contribution in [0.5, 0.6) is 0 Å². The topological polar surface area (TPSA) is 56.2 Å². The largest absolute Gasteiger partial charge is 0.349 e. The molecule has 6 nitrogen and oxygen atoms in total. The molecule has 24 heavy (non-hydrogen) atoms. The molecule has 0 N–H and O–H groups in total. The third kappa shape index (κ3) is 4.27. The van der Waals surface area contributed by atoms with Crippen LogP contribution in [-0.2, 0) is 16.6 Å². The fraction of sp³-hybridized carbons (Fsp3) is 0.588. The van der Waals surface area contributed by atoms with Crippen LogP contribution in [0.15, 0.2) is 34.2 Å². The van der Waals surface area contributed by atoms with Crippen LogP contribution >= 0.6 is 0 Å². The predicted molar refractivity (Wildman–Crippen MR) is 97.6 cm³/mol. The molecule has 0 radical (unpaired) electrons. The van der Waals surface area contributed by atoms with Gasteiger partial charge in [0.1, 0.15) is 0 Å². The molecule has 2 rings (SSSR count). The molecule has 1 aromatic rings. The van der Waals surface area contributed by atoms with Gasteiger partial charge in [-0.25, -0.2) is 13.4 Å². The van der Waals surface area contributed by atoms with Crippen LogP contribution in [0.2, 0.25) is 0 Å². The molecule has 0 aliphatic carbocycles. The highest BCUT2D eigenvalue weighted by molar-refractivity contribution is 7.89. The molecule has 0 spiro atoms. The van der Waals surface area contributed by atoms with E-state index in [-0.39, 0.29) is 0 Å². The molecular formula is C17H28N4O2S. The second-order valence-corrected chi connectivity index (χ2v) is 8.38. The highest BCUT2D eigenvalue weighted by Crippen LogP contribution is 2.24. The molecule has 1 aromatic carbocycles. The van der Waals surface area contributed by atoms with Crippen LogP contribution in [-0.4, -0.2) is 69.8 Å². The van der Waals surface area contributed by atoms with E-state index in [4.69, 9.17) is 0 Å². The van der Waals surface area contributed by atoms with Crippen LogP contribution in [0.4, 0.5) is 0 Å². The van der Waals surface area contributed by atoms with E-state index in [1.165, 1.54) is 0 Å². The molecule has 1 heterocycles. The predicted octanol–water partition coefficient (Wildman–Crippen LogP) is 1.84. The molecule has 1 fully saturated rings. The van der Waals surface area contributed by atoms with Crippen LogP contribution in [0.25, 0.3) is 0 Å². The standard InChI is InChI=1S/C17H28N4O2S/c1-19(2)17(20(3)4)18-14-15-10-6-7-11-16(15)24(22,23)21-12-8-5-9-13-21/h6-7,10-11H,5,8-9,12-14H2,1-4H3. The molecule has 134 valence electrons. The summed E-state index contributed by atoms with van der Waals surface area (Å²) in [4.78, 5) is 8.82. The second-order valence-electron chi connectivity index (χ2n) is 6.48. The molecule has 1 saturated heterocycles. The van der Waals surface area contributed by atoms with Gasteiger partial charge in [-0.3, -0.25) is 0 Å². The summed E-state index contributed by atoms with van der Waals surface area (Å²) in [5.41, 5.74) is 0.740. The SMILES string of the molecule is CN(C)C(=NCc1ccccc1S(=O)(=O)N1CCCCC1)N(C)C. The van der Waals surface area contributed by atoms with Crippen molar-refractivity contribution in [3.8, 4) is 0 Å². The van der Waals surface area contributed by atoms with Crippen molar-refractivity contribution in [3.05, 3.63) is 29.8 Å². The van der Waals surface area contributed by atoms with Gasteiger partial charge in [-0.05, 0) is 24.5 Å². The van der Waals surface area contributed by atoms with Gasteiger partial charge in [0.2, 0.25) is 10.0 Å². The molecule has 0 unspecified atom stereocenters. The Labute approximate surface area is 145 Å². The number of hydrogen-bond acceptors (Lipinski definition) is 3. The first-order chi connectivity index (χ1) is 11.3. The minimum atomic E-state index is -3.44. The van der Waals surface area contributed by atoms with Crippen molar-refractivity contribution in [1.82, 2.24) is 14.1 Å². The lowest BCUT2D eigenvalue weighted by Gasteiger charge is -2.27. The van der Waals surface area contributed by atoms with E-state index in [0.29, 0.717) is 24.5 Å². The first kappa shape index (κ1) is 18.7. The number of rotatable bonds is 4. The Bertz CT molecular complexity index is 668. The number of sulfonamides is 1. The van der Waals surface area contributed by atoms with E-state index >= 15 is 0 Å². The zero-order valence-corrected chi connectivity index (χ0v) is 15.9. The Morgan fingerprint density at radius 2 is 1.62 bits per heavy atom. The lowest BCUT2D eigenvalue weighted by Crippen LogP contribution is -2.36. The van der Waals surface area contributed by atoms with Gasteiger partial charge in [0.15, 0.2) is 5.96 Å². The van der Waals surface area contributed by atoms with Crippen molar-refractivity contribution in [2.45, 2.75) is 30.7 Å². The number of nitrogens with zero attached hydrogens (tertiary/aromatic N) is 4. The van der Waals surface area contributed by atoms with Crippen molar-refractivity contribution in [1.29, 1.82) is 0 Å². The summed E-state index contributed by atoms with van der Waals surface area (Å²) in [5.74, 6) is 0.806. The second kappa shape index (κ2) is 7.98. The molecule has 0 aromatic heterocycles. The van der Waals surface area contributed by atoms with Crippen LogP contribution in [0, 0.1) is 0 Å². The molecular weight excluding hydrogens is 324 g/mol. The third-order valence-electron chi connectivity index (χ3n) is 4.10. The first-order valence-electron chi connectivity index (χ1n) is 8.31.